The summed E-state index contributed by atoms with van der Waals surface area (Å²) >= 11 is 0. The summed E-state index contributed by atoms with van der Waals surface area (Å²) in [4.78, 5) is 9.39. The van der Waals surface area contributed by atoms with Crippen molar-refractivity contribution in [2.45, 2.75) is 13.8 Å². The Balaban J connectivity index is 0.00000148. The van der Waals surface area contributed by atoms with E-state index in [0.29, 0.717) is 22.8 Å². The molecule has 36 heavy (non-hydrogen) atoms. The Bertz CT molecular complexity index is 1470. The SMILES string of the molecule is CC.N#Cc1ccc(-c2ccc(-c3nc(-c4ccccc4)cc(-c4ccccc4)n3)cc2F)c(F)c1. The van der Waals surface area contributed by atoms with Crippen LogP contribution in [0.5, 0.6) is 0 Å². The average molecular weight is 476 g/mol. The van der Waals surface area contributed by atoms with E-state index in [1.807, 2.05) is 86.6 Å². The standard InChI is InChI=1S/C29H17F2N3.C2H6/c30-25-15-19(18-32)11-13-23(25)24-14-12-22(16-26(24)31)29-33-27(20-7-3-1-4-8-20)17-28(34-29)21-9-5-2-6-10-21;1-2/h1-17H;1-2H3. The molecule has 0 atom stereocenters. The molecule has 0 aliphatic carbocycles. The van der Waals surface area contributed by atoms with E-state index in [1.165, 1.54) is 24.3 Å². The first-order chi connectivity index (χ1) is 17.6. The lowest BCUT2D eigenvalue weighted by atomic mass is 10.0. The molecule has 0 aliphatic rings. The van der Waals surface area contributed by atoms with Gasteiger partial charge in [-0.05, 0) is 24.3 Å². The van der Waals surface area contributed by atoms with Gasteiger partial charge >= 0.3 is 0 Å². The van der Waals surface area contributed by atoms with Crippen molar-refractivity contribution in [1.29, 1.82) is 5.26 Å². The van der Waals surface area contributed by atoms with E-state index in [2.05, 4.69) is 0 Å². The molecular weight excluding hydrogens is 452 g/mol. The third-order valence-electron chi connectivity index (χ3n) is 5.48. The number of hydrogen-bond donors (Lipinski definition) is 0. The van der Waals surface area contributed by atoms with Crippen LogP contribution in [0.1, 0.15) is 19.4 Å². The van der Waals surface area contributed by atoms with Crippen LogP contribution < -0.4 is 0 Å². The third-order valence-corrected chi connectivity index (χ3v) is 5.48. The minimum absolute atomic E-state index is 0.0898. The highest BCUT2D eigenvalue weighted by atomic mass is 19.1. The van der Waals surface area contributed by atoms with E-state index in [0.717, 1.165) is 17.2 Å². The summed E-state index contributed by atoms with van der Waals surface area (Å²) in [6.07, 6.45) is 0. The van der Waals surface area contributed by atoms with Crippen molar-refractivity contribution in [2.24, 2.45) is 0 Å². The summed E-state index contributed by atoms with van der Waals surface area (Å²) in [7, 11) is 0. The molecule has 0 N–H and O–H groups in total. The molecule has 0 fully saturated rings. The van der Waals surface area contributed by atoms with Gasteiger partial charge in [0.15, 0.2) is 5.82 Å². The molecule has 0 amide bonds. The van der Waals surface area contributed by atoms with Gasteiger partial charge in [-0.15, -0.1) is 0 Å². The first kappa shape index (κ1) is 24.4. The Morgan fingerprint density at radius 2 is 1.08 bits per heavy atom. The highest BCUT2D eigenvalue weighted by molar-refractivity contribution is 5.74. The van der Waals surface area contributed by atoms with Gasteiger partial charge in [0.25, 0.3) is 0 Å². The molecule has 0 bridgehead atoms. The highest BCUT2D eigenvalue weighted by Gasteiger charge is 2.15. The fourth-order valence-electron chi connectivity index (χ4n) is 3.77. The highest BCUT2D eigenvalue weighted by Crippen LogP contribution is 2.31. The van der Waals surface area contributed by atoms with Crippen LogP contribution in [-0.2, 0) is 0 Å². The van der Waals surface area contributed by atoms with Gasteiger partial charge in [0.05, 0.1) is 23.0 Å². The van der Waals surface area contributed by atoms with E-state index in [4.69, 9.17) is 15.2 Å². The van der Waals surface area contributed by atoms with Crippen LogP contribution in [-0.4, -0.2) is 9.97 Å². The predicted octanol–water partition coefficient (Wildman–Crippen LogP) is 8.32. The predicted molar refractivity (Wildman–Crippen MR) is 140 cm³/mol. The average Bonchev–Trinajstić information content (AvgIpc) is 2.95. The first-order valence-electron chi connectivity index (χ1n) is 11.6. The number of nitriles is 1. The Labute approximate surface area is 209 Å². The summed E-state index contributed by atoms with van der Waals surface area (Å²) < 4.78 is 29.6. The second kappa shape index (κ2) is 11.2. The zero-order chi connectivity index (χ0) is 25.5. The van der Waals surface area contributed by atoms with Gasteiger partial charge in [0, 0.05) is 27.8 Å². The number of hydrogen-bond acceptors (Lipinski definition) is 3. The third kappa shape index (κ3) is 5.18. The molecule has 5 aromatic rings. The maximum atomic E-state index is 15.1. The minimum atomic E-state index is -0.653. The molecule has 1 aromatic heterocycles. The van der Waals surface area contributed by atoms with Crippen LogP contribution in [0.3, 0.4) is 0 Å². The summed E-state index contributed by atoms with van der Waals surface area (Å²) in [5.74, 6) is -0.888. The van der Waals surface area contributed by atoms with E-state index in [1.54, 1.807) is 6.07 Å². The molecule has 1 heterocycles. The molecule has 0 aliphatic heterocycles. The molecule has 3 nitrogen and oxygen atoms in total. The van der Waals surface area contributed by atoms with Gasteiger partial charge in [-0.3, -0.25) is 0 Å². The first-order valence-corrected chi connectivity index (χ1v) is 11.6. The minimum Gasteiger partial charge on any atom is -0.228 e. The Morgan fingerprint density at radius 1 is 0.583 bits per heavy atom. The molecule has 0 saturated carbocycles. The van der Waals surface area contributed by atoms with Gasteiger partial charge < -0.3 is 0 Å². The smallest absolute Gasteiger partial charge is 0.160 e. The zero-order valence-electron chi connectivity index (χ0n) is 19.9. The summed E-state index contributed by atoms with van der Waals surface area (Å²) in [6.45, 7) is 4.00. The van der Waals surface area contributed by atoms with Crippen LogP contribution in [0.25, 0.3) is 45.0 Å². The number of aromatic nitrogens is 2. The van der Waals surface area contributed by atoms with E-state index >= 15 is 4.39 Å². The van der Waals surface area contributed by atoms with Gasteiger partial charge in [-0.25, -0.2) is 18.7 Å². The Morgan fingerprint density at radius 3 is 1.56 bits per heavy atom. The second-order valence-electron chi connectivity index (χ2n) is 7.70. The van der Waals surface area contributed by atoms with Crippen molar-refractivity contribution in [1.82, 2.24) is 9.97 Å². The van der Waals surface area contributed by atoms with Gasteiger partial charge in [0.2, 0.25) is 0 Å². The lowest BCUT2D eigenvalue weighted by Gasteiger charge is -2.11. The quantitative estimate of drug-likeness (QED) is 0.263. The zero-order valence-corrected chi connectivity index (χ0v) is 19.9. The fraction of sp³-hybridized carbons (Fsp3) is 0.0645. The summed E-state index contributed by atoms with van der Waals surface area (Å²) in [6, 6.07) is 31.7. The Kier molecular flexibility index (Phi) is 7.57. The molecule has 5 heteroatoms. The van der Waals surface area contributed by atoms with Gasteiger partial charge in [0.1, 0.15) is 11.6 Å². The van der Waals surface area contributed by atoms with Crippen molar-refractivity contribution in [3.63, 3.8) is 0 Å². The second-order valence-corrected chi connectivity index (χ2v) is 7.70. The molecule has 0 saturated heterocycles. The fourth-order valence-corrected chi connectivity index (χ4v) is 3.77. The lowest BCUT2D eigenvalue weighted by Crippen LogP contribution is -1.97. The molecule has 4 aromatic carbocycles. The lowest BCUT2D eigenvalue weighted by molar-refractivity contribution is 0.616. The number of benzene rings is 4. The molecule has 0 spiro atoms. The molecule has 176 valence electrons. The van der Waals surface area contributed by atoms with E-state index < -0.39 is 11.6 Å². The van der Waals surface area contributed by atoms with Crippen LogP contribution >= 0.6 is 0 Å². The molecule has 5 rings (SSSR count). The van der Waals surface area contributed by atoms with E-state index in [9.17, 15) is 4.39 Å². The number of halogens is 2. The molecule has 0 unspecified atom stereocenters. The van der Waals surface area contributed by atoms with E-state index in [-0.39, 0.29) is 16.7 Å². The van der Waals surface area contributed by atoms with Crippen molar-refractivity contribution in [3.8, 4) is 51.1 Å². The van der Waals surface area contributed by atoms with Crippen LogP contribution in [0.4, 0.5) is 8.78 Å². The number of rotatable bonds is 4. The van der Waals surface area contributed by atoms with Crippen molar-refractivity contribution < 1.29 is 8.78 Å². The maximum Gasteiger partial charge on any atom is 0.160 e. The molecule has 0 radical (unpaired) electrons. The maximum absolute atomic E-state index is 15.1. The van der Waals surface area contributed by atoms with Crippen LogP contribution in [0.15, 0.2) is 103 Å². The van der Waals surface area contributed by atoms with Crippen molar-refractivity contribution >= 4 is 0 Å². The number of nitrogens with zero attached hydrogens (tertiary/aromatic N) is 3. The van der Waals surface area contributed by atoms with Crippen molar-refractivity contribution in [3.05, 3.63) is 120 Å². The summed E-state index contributed by atoms with van der Waals surface area (Å²) in [5, 5.41) is 8.95. The van der Waals surface area contributed by atoms with Crippen LogP contribution in [0.2, 0.25) is 0 Å². The largest absolute Gasteiger partial charge is 0.228 e. The summed E-state index contributed by atoms with van der Waals surface area (Å²) in [5.41, 5.74) is 4.11. The molecular formula is C31H23F2N3. The topological polar surface area (TPSA) is 49.6 Å². The van der Waals surface area contributed by atoms with Gasteiger partial charge in [-0.2, -0.15) is 5.26 Å². The monoisotopic (exact) mass is 475 g/mol. The van der Waals surface area contributed by atoms with Crippen molar-refractivity contribution in [2.75, 3.05) is 0 Å². The van der Waals surface area contributed by atoms with Gasteiger partial charge in [-0.1, -0.05) is 92.7 Å². The normalized spacial score (nSPS) is 10.2. The van der Waals surface area contributed by atoms with Crippen LogP contribution in [0, 0.1) is 23.0 Å². The Hall–Kier alpha value is -4.69.